The van der Waals surface area contributed by atoms with Crippen LogP contribution in [-0.4, -0.2) is 21.5 Å². The molecule has 0 saturated heterocycles. The standard InChI is InChI=1S/C20H16ClN3OS/c1-12-3-5-13(6-4-12)17-11-24-19(23-17)16(10-22-20(24)26)15-9-14(21)7-8-18(15)25-2/h3-11,23H,1-2H3. The van der Waals surface area contributed by atoms with E-state index in [-0.39, 0.29) is 0 Å². The normalized spacial score (nSPS) is 11.0. The largest absolute Gasteiger partial charge is 0.496 e. The van der Waals surface area contributed by atoms with Crippen molar-refractivity contribution in [3.8, 4) is 28.1 Å². The van der Waals surface area contributed by atoms with Crippen LogP contribution in [0.3, 0.4) is 0 Å². The number of rotatable bonds is 3. The van der Waals surface area contributed by atoms with Crippen LogP contribution in [0.5, 0.6) is 5.75 Å². The Kier molecular flexibility index (Phi) is 4.26. The molecule has 4 aromatic rings. The monoisotopic (exact) mass is 381 g/mol. The molecule has 2 heterocycles. The second-order valence-corrected chi connectivity index (χ2v) is 6.85. The first-order chi connectivity index (χ1) is 12.6. The van der Waals surface area contributed by atoms with Crippen LogP contribution >= 0.6 is 23.8 Å². The number of imidazole rings is 1. The molecular weight excluding hydrogens is 366 g/mol. The summed E-state index contributed by atoms with van der Waals surface area (Å²) >= 11 is 11.6. The highest BCUT2D eigenvalue weighted by Gasteiger charge is 2.14. The van der Waals surface area contributed by atoms with E-state index in [1.807, 2.05) is 22.7 Å². The molecule has 0 saturated carbocycles. The number of ether oxygens (including phenoxy) is 1. The van der Waals surface area contributed by atoms with E-state index >= 15 is 0 Å². The molecule has 0 aliphatic rings. The fourth-order valence-corrected chi connectivity index (χ4v) is 3.34. The number of hydrogen-bond acceptors (Lipinski definition) is 3. The van der Waals surface area contributed by atoms with E-state index < -0.39 is 0 Å². The molecule has 2 aromatic carbocycles. The molecule has 0 amide bonds. The van der Waals surface area contributed by atoms with E-state index in [0.29, 0.717) is 9.79 Å². The lowest BCUT2D eigenvalue weighted by Crippen LogP contribution is -1.95. The van der Waals surface area contributed by atoms with Crippen molar-refractivity contribution in [1.29, 1.82) is 0 Å². The Bertz CT molecular complexity index is 1160. The number of nitrogens with one attached hydrogen (secondary N) is 1. The summed E-state index contributed by atoms with van der Waals surface area (Å²) in [6.45, 7) is 2.07. The van der Waals surface area contributed by atoms with Gasteiger partial charge in [0.2, 0.25) is 4.77 Å². The number of H-pyrrole nitrogens is 1. The third-order valence-electron chi connectivity index (χ3n) is 4.33. The summed E-state index contributed by atoms with van der Waals surface area (Å²) < 4.78 is 7.86. The van der Waals surface area contributed by atoms with Crippen LogP contribution in [0.15, 0.2) is 54.9 Å². The molecule has 0 unspecified atom stereocenters. The SMILES string of the molecule is COc1ccc(Cl)cc1-c1cnc(=S)n2cc(-c3ccc(C)cc3)[nH]c12. The fraction of sp³-hybridized carbons (Fsp3) is 0.100. The molecule has 0 aliphatic carbocycles. The number of hydrogen-bond donors (Lipinski definition) is 1. The zero-order valence-electron chi connectivity index (χ0n) is 14.3. The highest BCUT2D eigenvalue weighted by Crippen LogP contribution is 2.35. The zero-order valence-corrected chi connectivity index (χ0v) is 15.9. The van der Waals surface area contributed by atoms with Gasteiger partial charge in [-0.05, 0) is 42.9 Å². The van der Waals surface area contributed by atoms with Gasteiger partial charge in [0.05, 0.1) is 12.8 Å². The summed E-state index contributed by atoms with van der Waals surface area (Å²) in [6.07, 6.45) is 3.72. The third-order valence-corrected chi connectivity index (χ3v) is 4.87. The molecule has 0 atom stereocenters. The van der Waals surface area contributed by atoms with Crippen molar-refractivity contribution in [2.75, 3.05) is 7.11 Å². The highest BCUT2D eigenvalue weighted by molar-refractivity contribution is 7.71. The van der Waals surface area contributed by atoms with Crippen molar-refractivity contribution in [3.05, 3.63) is 70.2 Å². The van der Waals surface area contributed by atoms with E-state index in [0.717, 1.165) is 33.8 Å². The van der Waals surface area contributed by atoms with Crippen molar-refractivity contribution in [2.45, 2.75) is 6.92 Å². The van der Waals surface area contributed by atoms with Gasteiger partial charge < -0.3 is 9.72 Å². The average molecular weight is 382 g/mol. The molecule has 2 aromatic heterocycles. The third kappa shape index (κ3) is 2.89. The Morgan fingerprint density at radius 3 is 2.62 bits per heavy atom. The molecule has 0 radical (unpaired) electrons. The summed E-state index contributed by atoms with van der Waals surface area (Å²) in [5.74, 6) is 0.724. The zero-order chi connectivity index (χ0) is 18.3. The van der Waals surface area contributed by atoms with Crippen molar-refractivity contribution >= 4 is 29.5 Å². The molecule has 6 heteroatoms. The van der Waals surface area contributed by atoms with E-state index in [9.17, 15) is 0 Å². The Hall–Kier alpha value is -2.63. The number of benzene rings is 2. The van der Waals surface area contributed by atoms with E-state index in [1.165, 1.54) is 5.56 Å². The van der Waals surface area contributed by atoms with Gasteiger partial charge in [-0.1, -0.05) is 41.4 Å². The maximum absolute atomic E-state index is 6.21. The van der Waals surface area contributed by atoms with Crippen molar-refractivity contribution in [2.24, 2.45) is 0 Å². The predicted molar refractivity (Wildman–Crippen MR) is 108 cm³/mol. The van der Waals surface area contributed by atoms with Gasteiger partial charge in [0.15, 0.2) is 0 Å². The molecule has 0 aliphatic heterocycles. The van der Waals surface area contributed by atoms with Crippen LogP contribution in [0.4, 0.5) is 0 Å². The number of aromatic nitrogens is 3. The van der Waals surface area contributed by atoms with Gasteiger partial charge in [-0.15, -0.1) is 0 Å². The minimum Gasteiger partial charge on any atom is -0.496 e. The Morgan fingerprint density at radius 1 is 1.12 bits per heavy atom. The lowest BCUT2D eigenvalue weighted by atomic mass is 10.1. The molecule has 4 rings (SSSR count). The molecule has 26 heavy (non-hydrogen) atoms. The van der Waals surface area contributed by atoms with Crippen molar-refractivity contribution in [1.82, 2.24) is 14.4 Å². The molecule has 1 N–H and O–H groups in total. The Morgan fingerprint density at radius 2 is 1.88 bits per heavy atom. The van der Waals surface area contributed by atoms with Gasteiger partial charge in [0.25, 0.3) is 0 Å². The van der Waals surface area contributed by atoms with Crippen LogP contribution < -0.4 is 4.74 Å². The van der Waals surface area contributed by atoms with E-state index in [4.69, 9.17) is 28.6 Å². The van der Waals surface area contributed by atoms with Gasteiger partial charge in [0, 0.05) is 28.5 Å². The van der Waals surface area contributed by atoms with Gasteiger partial charge >= 0.3 is 0 Å². The molecule has 0 spiro atoms. The molecule has 130 valence electrons. The first-order valence-corrected chi connectivity index (χ1v) is 8.87. The topological polar surface area (TPSA) is 42.3 Å². The summed E-state index contributed by atoms with van der Waals surface area (Å²) in [7, 11) is 1.64. The summed E-state index contributed by atoms with van der Waals surface area (Å²) in [5, 5.41) is 0.631. The second-order valence-electron chi connectivity index (χ2n) is 6.05. The van der Waals surface area contributed by atoms with Crippen LogP contribution in [0.1, 0.15) is 5.56 Å². The van der Waals surface area contributed by atoms with Crippen molar-refractivity contribution in [3.63, 3.8) is 0 Å². The quantitative estimate of drug-likeness (QED) is 0.463. The summed E-state index contributed by atoms with van der Waals surface area (Å²) in [5.41, 5.74) is 5.84. The van der Waals surface area contributed by atoms with Gasteiger partial charge in [-0.3, -0.25) is 4.40 Å². The van der Waals surface area contributed by atoms with Crippen LogP contribution in [0, 0.1) is 11.7 Å². The molecule has 0 bridgehead atoms. The maximum atomic E-state index is 6.21. The van der Waals surface area contributed by atoms with Crippen molar-refractivity contribution < 1.29 is 4.74 Å². The number of methoxy groups -OCH3 is 1. The first-order valence-electron chi connectivity index (χ1n) is 8.08. The van der Waals surface area contributed by atoms with Gasteiger partial charge in [-0.25, -0.2) is 4.98 Å². The van der Waals surface area contributed by atoms with Gasteiger partial charge in [0.1, 0.15) is 11.4 Å². The van der Waals surface area contributed by atoms with Crippen LogP contribution in [-0.2, 0) is 0 Å². The van der Waals surface area contributed by atoms with Crippen LogP contribution in [0.2, 0.25) is 5.02 Å². The predicted octanol–water partition coefficient (Wildman–Crippen LogP) is 5.70. The number of aromatic amines is 1. The minimum atomic E-state index is 0.486. The Labute approximate surface area is 161 Å². The Balaban J connectivity index is 1.98. The smallest absolute Gasteiger partial charge is 0.205 e. The highest BCUT2D eigenvalue weighted by atomic mass is 35.5. The lowest BCUT2D eigenvalue weighted by Gasteiger charge is -2.10. The maximum Gasteiger partial charge on any atom is 0.205 e. The van der Waals surface area contributed by atoms with E-state index in [1.54, 1.807) is 19.4 Å². The fourth-order valence-electron chi connectivity index (χ4n) is 2.97. The first kappa shape index (κ1) is 16.8. The number of nitrogens with zero attached hydrogens (tertiary/aromatic N) is 2. The molecule has 4 nitrogen and oxygen atoms in total. The number of halogens is 1. The molecular formula is C20H16ClN3OS. The minimum absolute atomic E-state index is 0.486. The van der Waals surface area contributed by atoms with E-state index in [2.05, 4.69) is 41.2 Å². The molecule has 0 fully saturated rings. The van der Waals surface area contributed by atoms with Crippen LogP contribution in [0.25, 0.3) is 28.0 Å². The second kappa shape index (κ2) is 6.59. The number of fused-ring (bicyclic) bond motifs is 1. The van der Waals surface area contributed by atoms with Gasteiger partial charge in [-0.2, -0.15) is 0 Å². The lowest BCUT2D eigenvalue weighted by molar-refractivity contribution is 0.416. The average Bonchev–Trinajstić information content (AvgIpc) is 3.09. The number of aryl methyl sites for hydroxylation is 1. The summed E-state index contributed by atoms with van der Waals surface area (Å²) in [6, 6.07) is 13.8. The summed E-state index contributed by atoms with van der Waals surface area (Å²) in [4.78, 5) is 7.84.